The molecule has 162 valence electrons. The standard InChI is InChI=1S/C21H20N8O3/c1-11-20-15(13-4-3-5-14(8-13)32-10-16(22)30)9-19(31)23-21(20)29(26-11)18-7-6-17-25-24-12(2)28(17)27-18/h3-8,15H,9-10H2,1-2H3,(H2,22,30)(H,23,31). The fourth-order valence-corrected chi connectivity index (χ4v) is 3.97. The van der Waals surface area contributed by atoms with Crippen LogP contribution in [0.5, 0.6) is 5.75 Å². The Labute approximate surface area is 182 Å². The number of aromatic nitrogens is 6. The van der Waals surface area contributed by atoms with E-state index in [2.05, 4.69) is 25.7 Å². The molecule has 0 fully saturated rings. The maximum absolute atomic E-state index is 12.6. The Morgan fingerprint density at radius 1 is 1.22 bits per heavy atom. The molecule has 1 aliphatic heterocycles. The lowest BCUT2D eigenvalue weighted by Crippen LogP contribution is -2.25. The molecule has 3 N–H and O–H groups in total. The van der Waals surface area contributed by atoms with Gasteiger partial charge in [-0.25, -0.2) is 0 Å². The molecule has 0 spiro atoms. The first-order valence-corrected chi connectivity index (χ1v) is 10.0. The number of hydrogen-bond acceptors (Lipinski definition) is 7. The van der Waals surface area contributed by atoms with E-state index in [0.717, 1.165) is 16.8 Å². The van der Waals surface area contributed by atoms with Crippen molar-refractivity contribution < 1.29 is 14.3 Å². The van der Waals surface area contributed by atoms with E-state index in [1.807, 2.05) is 32.0 Å². The van der Waals surface area contributed by atoms with E-state index in [0.29, 0.717) is 28.9 Å². The highest BCUT2D eigenvalue weighted by atomic mass is 16.5. The summed E-state index contributed by atoms with van der Waals surface area (Å²) in [6.07, 6.45) is 0.260. The van der Waals surface area contributed by atoms with Gasteiger partial charge in [-0.2, -0.15) is 14.3 Å². The van der Waals surface area contributed by atoms with E-state index in [4.69, 9.17) is 10.5 Å². The number of fused-ring (bicyclic) bond motifs is 2. The SMILES string of the molecule is Cc1nn(-c2ccc3nnc(C)n3n2)c2c1C(c1cccc(OCC(N)=O)c1)CC(=O)N2. The Hall–Kier alpha value is -4.28. The molecule has 1 aromatic carbocycles. The molecule has 5 rings (SSSR count). The maximum atomic E-state index is 12.6. The van der Waals surface area contributed by atoms with Crippen LogP contribution in [0.15, 0.2) is 36.4 Å². The zero-order chi connectivity index (χ0) is 22.4. The van der Waals surface area contributed by atoms with Crippen molar-refractivity contribution in [2.75, 3.05) is 11.9 Å². The number of carbonyl (C=O) groups is 2. The fraction of sp³-hybridized carbons (Fsp3) is 0.238. The van der Waals surface area contributed by atoms with Crippen LogP contribution in [0, 0.1) is 13.8 Å². The fourth-order valence-electron chi connectivity index (χ4n) is 3.97. The van der Waals surface area contributed by atoms with Crippen molar-refractivity contribution in [2.45, 2.75) is 26.2 Å². The molecular formula is C21H20N8O3. The van der Waals surface area contributed by atoms with Crippen LogP contribution in [-0.4, -0.2) is 48.0 Å². The van der Waals surface area contributed by atoms with Crippen LogP contribution in [0.4, 0.5) is 5.82 Å². The first kappa shape index (κ1) is 19.7. The van der Waals surface area contributed by atoms with Crippen molar-refractivity contribution in [1.29, 1.82) is 0 Å². The molecule has 3 aromatic heterocycles. The van der Waals surface area contributed by atoms with E-state index < -0.39 is 5.91 Å². The van der Waals surface area contributed by atoms with Gasteiger partial charge in [0.05, 0.1) is 5.69 Å². The third-order valence-electron chi connectivity index (χ3n) is 5.37. The summed E-state index contributed by atoms with van der Waals surface area (Å²) in [6.45, 7) is 3.50. The molecule has 11 heteroatoms. The summed E-state index contributed by atoms with van der Waals surface area (Å²) in [4.78, 5) is 23.7. The number of rotatable bonds is 5. The number of aryl methyl sites for hydroxylation is 2. The van der Waals surface area contributed by atoms with Crippen LogP contribution in [0.25, 0.3) is 11.5 Å². The van der Waals surface area contributed by atoms with Crippen LogP contribution >= 0.6 is 0 Å². The van der Waals surface area contributed by atoms with Crippen LogP contribution in [0.1, 0.15) is 35.0 Å². The summed E-state index contributed by atoms with van der Waals surface area (Å²) in [6, 6.07) is 10.9. The average molecular weight is 432 g/mol. The molecule has 1 aliphatic rings. The topological polar surface area (TPSA) is 142 Å². The normalized spacial score (nSPS) is 15.4. The molecule has 1 unspecified atom stereocenters. The lowest BCUT2D eigenvalue weighted by molar-refractivity contribution is -0.120. The highest BCUT2D eigenvalue weighted by molar-refractivity contribution is 5.95. The van der Waals surface area contributed by atoms with Gasteiger partial charge in [-0.3, -0.25) is 9.59 Å². The minimum absolute atomic E-state index is 0.131. The highest BCUT2D eigenvalue weighted by Crippen LogP contribution is 2.40. The molecule has 0 saturated heterocycles. The van der Waals surface area contributed by atoms with E-state index in [1.54, 1.807) is 27.4 Å². The molecule has 0 radical (unpaired) electrons. The molecule has 0 bridgehead atoms. The number of anilines is 1. The second kappa shape index (κ2) is 7.45. The predicted octanol–water partition coefficient (Wildman–Crippen LogP) is 1.27. The lowest BCUT2D eigenvalue weighted by atomic mass is 9.86. The Kier molecular flexibility index (Phi) is 4.58. The van der Waals surface area contributed by atoms with Gasteiger partial charge >= 0.3 is 0 Å². The summed E-state index contributed by atoms with van der Waals surface area (Å²) in [5.41, 5.74) is 8.35. The number of carbonyl (C=O) groups excluding carboxylic acids is 2. The summed E-state index contributed by atoms with van der Waals surface area (Å²) in [7, 11) is 0. The van der Waals surface area contributed by atoms with Crippen LogP contribution in [0.3, 0.4) is 0 Å². The minimum atomic E-state index is -0.556. The van der Waals surface area contributed by atoms with Gasteiger partial charge in [0.25, 0.3) is 5.91 Å². The Bertz CT molecular complexity index is 1370. The van der Waals surface area contributed by atoms with Gasteiger partial charge in [0.15, 0.2) is 23.9 Å². The monoisotopic (exact) mass is 432 g/mol. The molecular weight excluding hydrogens is 412 g/mol. The number of primary amides is 1. The zero-order valence-corrected chi connectivity index (χ0v) is 17.4. The van der Waals surface area contributed by atoms with Crippen LogP contribution < -0.4 is 15.8 Å². The zero-order valence-electron chi connectivity index (χ0n) is 17.4. The van der Waals surface area contributed by atoms with E-state index >= 15 is 0 Å². The van der Waals surface area contributed by atoms with Crippen molar-refractivity contribution in [3.8, 4) is 11.6 Å². The second-order valence-corrected chi connectivity index (χ2v) is 7.60. The smallest absolute Gasteiger partial charge is 0.255 e. The molecule has 0 saturated carbocycles. The highest BCUT2D eigenvalue weighted by Gasteiger charge is 2.33. The van der Waals surface area contributed by atoms with Gasteiger partial charge in [-0.1, -0.05) is 12.1 Å². The van der Waals surface area contributed by atoms with Crippen molar-refractivity contribution in [2.24, 2.45) is 5.73 Å². The molecule has 32 heavy (non-hydrogen) atoms. The lowest BCUT2D eigenvalue weighted by Gasteiger charge is -2.24. The van der Waals surface area contributed by atoms with Gasteiger partial charge in [0.1, 0.15) is 11.6 Å². The Balaban J connectivity index is 1.58. The van der Waals surface area contributed by atoms with Gasteiger partial charge in [0.2, 0.25) is 5.91 Å². The number of nitrogens with two attached hydrogens (primary N) is 1. The van der Waals surface area contributed by atoms with Gasteiger partial charge in [-0.05, 0) is 43.7 Å². The number of nitrogens with one attached hydrogen (secondary N) is 1. The van der Waals surface area contributed by atoms with Crippen LogP contribution in [0.2, 0.25) is 0 Å². The summed E-state index contributed by atoms with van der Waals surface area (Å²) in [5, 5.41) is 20.3. The molecule has 2 amide bonds. The van der Waals surface area contributed by atoms with Crippen molar-refractivity contribution in [1.82, 2.24) is 29.6 Å². The van der Waals surface area contributed by atoms with E-state index in [-0.39, 0.29) is 24.9 Å². The number of benzene rings is 1. The minimum Gasteiger partial charge on any atom is -0.484 e. The largest absolute Gasteiger partial charge is 0.484 e. The Morgan fingerprint density at radius 3 is 2.88 bits per heavy atom. The summed E-state index contributed by atoms with van der Waals surface area (Å²) >= 11 is 0. The van der Waals surface area contributed by atoms with Crippen molar-refractivity contribution in [3.05, 3.63) is 59.0 Å². The number of amides is 2. The number of ether oxygens (including phenoxy) is 1. The van der Waals surface area contributed by atoms with E-state index in [1.165, 1.54) is 0 Å². The average Bonchev–Trinajstić information content (AvgIpc) is 3.31. The van der Waals surface area contributed by atoms with Crippen molar-refractivity contribution in [3.63, 3.8) is 0 Å². The van der Waals surface area contributed by atoms with Gasteiger partial charge in [-0.15, -0.1) is 15.3 Å². The molecule has 11 nitrogen and oxygen atoms in total. The molecule has 4 heterocycles. The predicted molar refractivity (Wildman–Crippen MR) is 114 cm³/mol. The quantitative estimate of drug-likeness (QED) is 0.483. The first-order chi connectivity index (χ1) is 15.4. The second-order valence-electron chi connectivity index (χ2n) is 7.60. The third kappa shape index (κ3) is 3.33. The Morgan fingerprint density at radius 2 is 2.06 bits per heavy atom. The van der Waals surface area contributed by atoms with E-state index in [9.17, 15) is 9.59 Å². The van der Waals surface area contributed by atoms with Crippen LogP contribution in [-0.2, 0) is 9.59 Å². The molecule has 1 atom stereocenters. The molecule has 4 aromatic rings. The maximum Gasteiger partial charge on any atom is 0.255 e. The summed E-state index contributed by atoms with van der Waals surface area (Å²) in [5.74, 6) is 1.34. The first-order valence-electron chi connectivity index (χ1n) is 10.0. The van der Waals surface area contributed by atoms with Gasteiger partial charge in [0, 0.05) is 17.9 Å². The number of nitrogens with zero attached hydrogens (tertiary/aromatic N) is 6. The molecule has 0 aliphatic carbocycles. The van der Waals surface area contributed by atoms with Crippen molar-refractivity contribution >= 4 is 23.3 Å². The number of hydrogen-bond donors (Lipinski definition) is 2. The van der Waals surface area contributed by atoms with Gasteiger partial charge < -0.3 is 15.8 Å². The summed E-state index contributed by atoms with van der Waals surface area (Å²) < 4.78 is 8.69. The third-order valence-corrected chi connectivity index (χ3v) is 5.37.